The second-order valence-electron chi connectivity index (χ2n) is 3.22. The number of nitrogen functional groups attached to an aromatic ring is 1. The van der Waals surface area contributed by atoms with Gasteiger partial charge < -0.3 is 15.8 Å². The average Bonchev–Trinajstić information content (AvgIpc) is 2.29. The largest absolute Gasteiger partial charge is 0.477 e. The molecule has 6 nitrogen and oxygen atoms in total. The first-order chi connectivity index (χ1) is 8.12. The van der Waals surface area contributed by atoms with Gasteiger partial charge in [0.15, 0.2) is 0 Å². The Balaban J connectivity index is 3.11. The maximum absolute atomic E-state index is 11.2. The summed E-state index contributed by atoms with van der Waals surface area (Å²) < 4.78 is 5.20. The quantitative estimate of drug-likeness (QED) is 0.817. The van der Waals surface area contributed by atoms with E-state index in [1.165, 1.54) is 6.07 Å². The van der Waals surface area contributed by atoms with Crippen molar-refractivity contribution in [1.29, 1.82) is 5.26 Å². The number of nitrogens with two attached hydrogens (primary N) is 1. The van der Waals surface area contributed by atoms with Gasteiger partial charge >= 0.3 is 0 Å². The number of ether oxygens (including phenoxy) is 1. The Morgan fingerprint density at radius 1 is 1.65 bits per heavy atom. The molecule has 0 radical (unpaired) electrons. The van der Waals surface area contributed by atoms with Crippen LogP contribution in [0.25, 0.3) is 0 Å². The number of carbonyl (C=O) groups is 1. The summed E-state index contributed by atoms with van der Waals surface area (Å²) in [5.74, 6) is 0.252. The molecule has 90 valence electrons. The lowest BCUT2D eigenvalue weighted by atomic mass is 10.2. The minimum Gasteiger partial charge on any atom is -0.477 e. The molecule has 0 saturated heterocycles. The van der Waals surface area contributed by atoms with Crippen molar-refractivity contribution < 1.29 is 9.53 Å². The third-order valence-electron chi connectivity index (χ3n) is 2.00. The summed E-state index contributed by atoms with van der Waals surface area (Å²) in [5.41, 5.74) is 6.10. The molecule has 0 atom stereocenters. The smallest absolute Gasteiger partial charge is 0.235 e. The maximum atomic E-state index is 11.2. The molecule has 0 aromatic carbocycles. The van der Waals surface area contributed by atoms with Crippen LogP contribution < -0.4 is 15.8 Å². The molecule has 0 aliphatic heterocycles. The van der Waals surface area contributed by atoms with Crippen molar-refractivity contribution in [3.05, 3.63) is 11.6 Å². The molecule has 0 saturated carbocycles. The predicted molar refractivity (Wildman–Crippen MR) is 63.5 cm³/mol. The number of hydrogen-bond donors (Lipinski definition) is 2. The van der Waals surface area contributed by atoms with Crippen molar-refractivity contribution in [1.82, 2.24) is 4.98 Å². The van der Waals surface area contributed by atoms with Crippen LogP contribution >= 0.6 is 0 Å². The molecule has 1 aromatic rings. The molecule has 17 heavy (non-hydrogen) atoms. The monoisotopic (exact) mass is 234 g/mol. The van der Waals surface area contributed by atoms with Crippen LogP contribution in [-0.4, -0.2) is 17.5 Å². The van der Waals surface area contributed by atoms with Crippen molar-refractivity contribution in [2.24, 2.45) is 0 Å². The summed E-state index contributed by atoms with van der Waals surface area (Å²) in [7, 11) is 0. The van der Waals surface area contributed by atoms with Crippen LogP contribution in [0.1, 0.15) is 25.8 Å². The van der Waals surface area contributed by atoms with Gasteiger partial charge in [0.1, 0.15) is 17.5 Å². The van der Waals surface area contributed by atoms with Gasteiger partial charge in [-0.3, -0.25) is 4.79 Å². The number of nitrogens with one attached hydrogen (secondary N) is 1. The minimum atomic E-state index is -0.177. The van der Waals surface area contributed by atoms with Gasteiger partial charge in [-0.2, -0.15) is 10.2 Å². The van der Waals surface area contributed by atoms with Gasteiger partial charge in [-0.1, -0.05) is 6.92 Å². The van der Waals surface area contributed by atoms with Crippen molar-refractivity contribution in [2.75, 3.05) is 17.7 Å². The fourth-order valence-electron chi connectivity index (χ4n) is 1.19. The second kappa shape index (κ2) is 5.70. The summed E-state index contributed by atoms with van der Waals surface area (Å²) in [6.45, 7) is 3.87. The summed E-state index contributed by atoms with van der Waals surface area (Å²) in [6, 6.07) is 3.36. The number of amides is 1. The first-order valence-electron chi connectivity index (χ1n) is 5.25. The molecule has 0 unspecified atom stereocenters. The van der Waals surface area contributed by atoms with Crippen molar-refractivity contribution in [3.63, 3.8) is 0 Å². The number of carbonyl (C=O) groups excluding carboxylic acids is 1. The Labute approximate surface area is 99.4 Å². The molecule has 1 aromatic heterocycles. The van der Waals surface area contributed by atoms with Crippen molar-refractivity contribution in [2.45, 2.75) is 20.3 Å². The fraction of sp³-hybridized carbons (Fsp3) is 0.364. The number of nitriles is 1. The first kappa shape index (κ1) is 12.8. The molecule has 1 amide bonds. The van der Waals surface area contributed by atoms with Crippen LogP contribution in [0.4, 0.5) is 11.5 Å². The van der Waals surface area contributed by atoms with Crippen LogP contribution in [0.3, 0.4) is 0 Å². The third kappa shape index (κ3) is 3.08. The van der Waals surface area contributed by atoms with E-state index in [0.717, 1.165) is 0 Å². The van der Waals surface area contributed by atoms with Crippen LogP contribution in [0.2, 0.25) is 0 Å². The van der Waals surface area contributed by atoms with Crippen molar-refractivity contribution in [3.8, 4) is 11.9 Å². The van der Waals surface area contributed by atoms with Crippen LogP contribution in [-0.2, 0) is 4.79 Å². The molecular weight excluding hydrogens is 220 g/mol. The van der Waals surface area contributed by atoms with Gasteiger partial charge in [-0.05, 0) is 6.92 Å². The van der Waals surface area contributed by atoms with Crippen LogP contribution in [0.5, 0.6) is 5.88 Å². The molecule has 0 bridgehead atoms. The lowest BCUT2D eigenvalue weighted by Gasteiger charge is -2.09. The van der Waals surface area contributed by atoms with E-state index >= 15 is 0 Å². The zero-order valence-corrected chi connectivity index (χ0v) is 9.78. The molecule has 6 heteroatoms. The highest BCUT2D eigenvalue weighted by Gasteiger charge is 2.12. The molecule has 0 aliphatic rings. The lowest BCUT2D eigenvalue weighted by molar-refractivity contribution is -0.115. The van der Waals surface area contributed by atoms with E-state index in [0.29, 0.717) is 13.0 Å². The van der Waals surface area contributed by atoms with E-state index < -0.39 is 0 Å². The highest BCUT2D eigenvalue weighted by Crippen LogP contribution is 2.24. The van der Waals surface area contributed by atoms with E-state index in [9.17, 15) is 4.79 Å². The lowest BCUT2D eigenvalue weighted by Crippen LogP contribution is -2.12. The Kier molecular flexibility index (Phi) is 4.29. The SMILES string of the molecule is CCOc1nc(NC(=O)CC)cc(N)c1C#N. The summed E-state index contributed by atoms with van der Waals surface area (Å²) >= 11 is 0. The Hall–Kier alpha value is -2.29. The Morgan fingerprint density at radius 2 is 2.35 bits per heavy atom. The zero-order valence-electron chi connectivity index (χ0n) is 9.78. The number of nitrogens with zero attached hydrogens (tertiary/aromatic N) is 2. The fourth-order valence-corrected chi connectivity index (χ4v) is 1.19. The van der Waals surface area contributed by atoms with Gasteiger partial charge in [-0.15, -0.1) is 0 Å². The van der Waals surface area contributed by atoms with Gasteiger partial charge in [0.05, 0.1) is 12.3 Å². The minimum absolute atomic E-state index is 0.140. The molecule has 0 aliphatic carbocycles. The number of aromatic nitrogens is 1. The molecular formula is C11H14N4O2. The number of pyridine rings is 1. The zero-order chi connectivity index (χ0) is 12.8. The highest BCUT2D eigenvalue weighted by atomic mass is 16.5. The van der Waals surface area contributed by atoms with E-state index in [4.69, 9.17) is 15.7 Å². The Morgan fingerprint density at radius 3 is 2.88 bits per heavy atom. The summed E-state index contributed by atoms with van der Waals surface area (Å²) in [5, 5.41) is 11.5. The van der Waals surface area contributed by atoms with Gasteiger partial charge in [0.25, 0.3) is 0 Å². The molecule has 1 heterocycles. The van der Waals surface area contributed by atoms with Crippen LogP contribution in [0.15, 0.2) is 6.07 Å². The Bertz CT molecular complexity index is 465. The molecule has 3 N–H and O–H groups in total. The van der Waals surface area contributed by atoms with E-state index in [1.807, 2.05) is 6.07 Å². The molecule has 0 fully saturated rings. The first-order valence-corrected chi connectivity index (χ1v) is 5.25. The van der Waals surface area contributed by atoms with Gasteiger partial charge in [0, 0.05) is 12.5 Å². The second-order valence-corrected chi connectivity index (χ2v) is 3.22. The molecule has 0 spiro atoms. The molecule has 1 rings (SSSR count). The highest BCUT2D eigenvalue weighted by molar-refractivity contribution is 5.90. The van der Waals surface area contributed by atoms with Crippen LogP contribution in [0, 0.1) is 11.3 Å². The summed E-state index contributed by atoms with van der Waals surface area (Å²) in [4.78, 5) is 15.2. The average molecular weight is 234 g/mol. The third-order valence-corrected chi connectivity index (χ3v) is 2.00. The van der Waals surface area contributed by atoms with Gasteiger partial charge in [-0.25, -0.2) is 0 Å². The van der Waals surface area contributed by atoms with E-state index in [1.54, 1.807) is 13.8 Å². The number of anilines is 2. The van der Waals surface area contributed by atoms with Crippen molar-refractivity contribution >= 4 is 17.4 Å². The number of hydrogen-bond acceptors (Lipinski definition) is 5. The van der Waals surface area contributed by atoms with Gasteiger partial charge in [0.2, 0.25) is 11.8 Å². The summed E-state index contributed by atoms with van der Waals surface area (Å²) in [6.07, 6.45) is 0.339. The standard InChI is InChI=1S/C11H14N4O2/c1-3-10(16)14-9-5-8(13)7(6-12)11(15-9)17-4-2/h5H,3-4H2,1-2H3,(H3,13,14,15,16). The maximum Gasteiger partial charge on any atom is 0.235 e. The van der Waals surface area contributed by atoms with E-state index in [2.05, 4.69) is 10.3 Å². The number of rotatable bonds is 4. The predicted octanol–water partition coefficient (Wildman–Crippen LogP) is 1.28. The topological polar surface area (TPSA) is 101 Å². The normalized spacial score (nSPS) is 9.47. The van der Waals surface area contributed by atoms with E-state index in [-0.39, 0.29) is 28.9 Å².